The molecule has 0 bridgehead atoms. The van der Waals surface area contributed by atoms with Crippen molar-refractivity contribution in [3.63, 3.8) is 0 Å². The number of nitrogens with zero attached hydrogens (tertiary/aromatic N) is 1. The molecule has 4 heteroatoms. The fraction of sp³-hybridized carbons (Fsp3) is 0.429. The summed E-state index contributed by atoms with van der Waals surface area (Å²) in [6.45, 7) is 0.666. The van der Waals surface area contributed by atoms with Crippen LogP contribution in [-0.2, 0) is 0 Å². The van der Waals surface area contributed by atoms with E-state index in [1.165, 1.54) is 0 Å². The molecule has 1 aliphatic carbocycles. The first kappa shape index (κ1) is 12.9. The maximum atomic E-state index is 11.9. The number of carbonyl (C=O) groups is 1. The summed E-state index contributed by atoms with van der Waals surface area (Å²) in [6.07, 6.45) is 3.08. The largest absolute Gasteiger partial charge is 0.352 e. The molecule has 1 aromatic rings. The highest BCUT2D eigenvalue weighted by Gasteiger charge is 2.23. The second-order valence-corrected chi connectivity index (χ2v) is 5.30. The van der Waals surface area contributed by atoms with Crippen molar-refractivity contribution in [1.29, 1.82) is 5.26 Å². The Morgan fingerprint density at radius 3 is 3.00 bits per heavy atom. The Morgan fingerprint density at radius 1 is 1.50 bits per heavy atom. The van der Waals surface area contributed by atoms with Crippen LogP contribution in [0.2, 0.25) is 0 Å². The first-order valence-electron chi connectivity index (χ1n) is 6.11. The fourth-order valence-electron chi connectivity index (χ4n) is 2.27. The van der Waals surface area contributed by atoms with Gasteiger partial charge in [-0.15, -0.1) is 11.6 Å². The average Bonchev–Trinajstić information content (AvgIpc) is 2.82. The lowest BCUT2D eigenvalue weighted by Crippen LogP contribution is -2.28. The molecular weight excluding hydrogens is 248 g/mol. The van der Waals surface area contributed by atoms with Gasteiger partial charge >= 0.3 is 0 Å². The Balaban J connectivity index is 1.89. The molecule has 2 rings (SSSR count). The standard InChI is InChI=1S/C14H15ClN2O/c15-13-5-4-11(7-13)9-17-14(18)12-3-1-2-10(6-12)8-16/h1-3,6,11,13H,4-5,7,9H2,(H,17,18). The van der Waals surface area contributed by atoms with E-state index in [-0.39, 0.29) is 11.3 Å². The number of hydrogen-bond donors (Lipinski definition) is 1. The lowest BCUT2D eigenvalue weighted by molar-refractivity contribution is 0.0947. The van der Waals surface area contributed by atoms with Crippen LogP contribution in [0.1, 0.15) is 35.2 Å². The third-order valence-electron chi connectivity index (χ3n) is 3.28. The van der Waals surface area contributed by atoms with Gasteiger partial charge in [-0.05, 0) is 43.4 Å². The van der Waals surface area contributed by atoms with E-state index in [9.17, 15) is 4.79 Å². The van der Waals surface area contributed by atoms with Crippen LogP contribution in [0.3, 0.4) is 0 Å². The summed E-state index contributed by atoms with van der Waals surface area (Å²) >= 11 is 6.03. The summed E-state index contributed by atoms with van der Waals surface area (Å²) in [7, 11) is 0. The molecule has 2 atom stereocenters. The monoisotopic (exact) mass is 262 g/mol. The minimum atomic E-state index is -0.120. The van der Waals surface area contributed by atoms with Gasteiger partial charge in [0.25, 0.3) is 5.91 Å². The van der Waals surface area contributed by atoms with Gasteiger partial charge in [0.2, 0.25) is 0 Å². The highest BCUT2D eigenvalue weighted by atomic mass is 35.5. The maximum absolute atomic E-state index is 11.9. The van der Waals surface area contributed by atoms with Crippen molar-refractivity contribution in [3.05, 3.63) is 35.4 Å². The van der Waals surface area contributed by atoms with Crippen LogP contribution in [0.15, 0.2) is 24.3 Å². The zero-order chi connectivity index (χ0) is 13.0. The molecule has 0 spiro atoms. The molecule has 1 saturated carbocycles. The summed E-state index contributed by atoms with van der Waals surface area (Å²) in [4.78, 5) is 11.9. The van der Waals surface area contributed by atoms with E-state index in [0.717, 1.165) is 19.3 Å². The quantitative estimate of drug-likeness (QED) is 0.852. The van der Waals surface area contributed by atoms with Crippen molar-refractivity contribution in [3.8, 4) is 6.07 Å². The van der Waals surface area contributed by atoms with Gasteiger partial charge in [-0.25, -0.2) is 0 Å². The third kappa shape index (κ3) is 3.24. The van der Waals surface area contributed by atoms with Gasteiger partial charge in [0, 0.05) is 17.5 Å². The van der Waals surface area contributed by atoms with E-state index < -0.39 is 0 Å². The van der Waals surface area contributed by atoms with Crippen LogP contribution in [0.5, 0.6) is 0 Å². The first-order chi connectivity index (χ1) is 8.69. The van der Waals surface area contributed by atoms with Crippen molar-refractivity contribution in [2.45, 2.75) is 24.6 Å². The Bertz CT molecular complexity index is 481. The normalized spacial score (nSPS) is 22.4. The molecule has 1 aliphatic rings. The molecule has 1 aromatic carbocycles. The average molecular weight is 263 g/mol. The fourth-order valence-corrected chi connectivity index (χ4v) is 2.65. The van der Waals surface area contributed by atoms with E-state index in [2.05, 4.69) is 5.32 Å². The predicted molar refractivity (Wildman–Crippen MR) is 70.5 cm³/mol. The molecule has 1 fully saturated rings. The van der Waals surface area contributed by atoms with Crippen molar-refractivity contribution in [2.24, 2.45) is 5.92 Å². The highest BCUT2D eigenvalue weighted by Crippen LogP contribution is 2.28. The Morgan fingerprint density at radius 2 is 2.33 bits per heavy atom. The number of nitriles is 1. The van der Waals surface area contributed by atoms with Crippen LogP contribution in [-0.4, -0.2) is 17.8 Å². The van der Waals surface area contributed by atoms with E-state index >= 15 is 0 Å². The minimum Gasteiger partial charge on any atom is -0.352 e. The first-order valence-corrected chi connectivity index (χ1v) is 6.55. The zero-order valence-corrected chi connectivity index (χ0v) is 10.8. The Hall–Kier alpha value is -1.53. The van der Waals surface area contributed by atoms with Crippen LogP contribution in [0.25, 0.3) is 0 Å². The molecule has 3 nitrogen and oxygen atoms in total. The number of amides is 1. The van der Waals surface area contributed by atoms with Gasteiger partial charge in [0.15, 0.2) is 0 Å². The summed E-state index contributed by atoms with van der Waals surface area (Å²) in [6, 6.07) is 8.76. The van der Waals surface area contributed by atoms with Crippen LogP contribution < -0.4 is 5.32 Å². The number of alkyl halides is 1. The van der Waals surface area contributed by atoms with E-state index in [0.29, 0.717) is 23.6 Å². The molecule has 0 radical (unpaired) electrons. The van der Waals surface area contributed by atoms with Crippen molar-refractivity contribution in [1.82, 2.24) is 5.32 Å². The summed E-state index contributed by atoms with van der Waals surface area (Å²) in [5.74, 6) is 0.362. The molecular formula is C14H15ClN2O. The van der Waals surface area contributed by atoms with Crippen LogP contribution >= 0.6 is 11.6 Å². The molecule has 18 heavy (non-hydrogen) atoms. The zero-order valence-electron chi connectivity index (χ0n) is 10.0. The van der Waals surface area contributed by atoms with Gasteiger partial charge in [0.1, 0.15) is 0 Å². The Labute approximate surface area is 112 Å². The number of benzene rings is 1. The van der Waals surface area contributed by atoms with Gasteiger partial charge in [0.05, 0.1) is 11.6 Å². The number of nitrogens with one attached hydrogen (secondary N) is 1. The van der Waals surface area contributed by atoms with Crippen LogP contribution in [0.4, 0.5) is 0 Å². The molecule has 0 aromatic heterocycles. The summed E-state index contributed by atoms with van der Waals surface area (Å²) in [5.41, 5.74) is 1.04. The van der Waals surface area contributed by atoms with E-state index in [4.69, 9.17) is 16.9 Å². The second kappa shape index (κ2) is 5.88. The number of rotatable bonds is 3. The number of carbonyl (C=O) groups excluding carboxylic acids is 1. The SMILES string of the molecule is N#Cc1cccc(C(=O)NCC2CCC(Cl)C2)c1. The molecule has 0 saturated heterocycles. The molecule has 1 N–H and O–H groups in total. The van der Waals surface area contributed by atoms with Gasteiger partial charge < -0.3 is 5.32 Å². The third-order valence-corrected chi connectivity index (χ3v) is 3.68. The molecule has 1 amide bonds. The predicted octanol–water partition coefficient (Wildman–Crippen LogP) is 2.70. The molecule has 0 aliphatic heterocycles. The molecule has 2 unspecified atom stereocenters. The van der Waals surface area contributed by atoms with Crippen LogP contribution in [0, 0.1) is 17.2 Å². The van der Waals surface area contributed by atoms with Gasteiger partial charge in [-0.1, -0.05) is 6.07 Å². The van der Waals surface area contributed by atoms with E-state index in [1.54, 1.807) is 24.3 Å². The van der Waals surface area contributed by atoms with Gasteiger partial charge in [-0.3, -0.25) is 4.79 Å². The molecule has 94 valence electrons. The smallest absolute Gasteiger partial charge is 0.251 e. The maximum Gasteiger partial charge on any atom is 0.251 e. The van der Waals surface area contributed by atoms with Crippen molar-refractivity contribution >= 4 is 17.5 Å². The van der Waals surface area contributed by atoms with Crippen molar-refractivity contribution < 1.29 is 4.79 Å². The minimum absolute atomic E-state index is 0.120. The number of halogens is 1. The highest BCUT2D eigenvalue weighted by molar-refractivity contribution is 6.20. The lowest BCUT2D eigenvalue weighted by Gasteiger charge is -2.10. The lowest BCUT2D eigenvalue weighted by atomic mass is 10.1. The Kier molecular flexibility index (Phi) is 4.22. The van der Waals surface area contributed by atoms with E-state index in [1.807, 2.05) is 6.07 Å². The number of hydrogen-bond acceptors (Lipinski definition) is 2. The summed E-state index contributed by atoms with van der Waals surface area (Å²) in [5, 5.41) is 11.9. The summed E-state index contributed by atoms with van der Waals surface area (Å²) < 4.78 is 0. The topological polar surface area (TPSA) is 52.9 Å². The van der Waals surface area contributed by atoms with Gasteiger partial charge in [-0.2, -0.15) is 5.26 Å². The molecule has 0 heterocycles. The van der Waals surface area contributed by atoms with Crippen molar-refractivity contribution in [2.75, 3.05) is 6.54 Å². The second-order valence-electron chi connectivity index (χ2n) is 4.68.